The monoisotopic (exact) mass is 477 g/mol. The van der Waals surface area contributed by atoms with Crippen molar-refractivity contribution in [3.05, 3.63) is 24.3 Å². The van der Waals surface area contributed by atoms with Crippen molar-refractivity contribution < 1.29 is 14.2 Å². The summed E-state index contributed by atoms with van der Waals surface area (Å²) < 4.78 is 16.6. The van der Waals surface area contributed by atoms with Crippen molar-refractivity contribution in [1.82, 2.24) is 10.2 Å². The topological polar surface area (TPSA) is 55.3 Å². The largest absolute Gasteiger partial charge is 0.497 e. The third kappa shape index (κ3) is 7.57. The van der Waals surface area contributed by atoms with Crippen LogP contribution in [0.5, 0.6) is 11.5 Å². The molecule has 0 amide bonds. The highest BCUT2D eigenvalue weighted by Crippen LogP contribution is 2.17. The lowest BCUT2D eigenvalue weighted by Gasteiger charge is -2.34. The molecule has 0 spiro atoms. The predicted molar refractivity (Wildman–Crippen MR) is 116 cm³/mol. The van der Waals surface area contributed by atoms with Crippen molar-refractivity contribution in [3.8, 4) is 11.5 Å². The molecule has 1 aromatic carbocycles. The van der Waals surface area contributed by atoms with E-state index in [9.17, 15) is 0 Å². The average molecular weight is 477 g/mol. The quantitative estimate of drug-likeness (QED) is 0.270. The van der Waals surface area contributed by atoms with Crippen molar-refractivity contribution in [2.45, 2.75) is 32.8 Å². The summed E-state index contributed by atoms with van der Waals surface area (Å²) in [5.74, 6) is 2.63. The van der Waals surface area contributed by atoms with Crippen LogP contribution in [0.3, 0.4) is 0 Å². The van der Waals surface area contributed by atoms with Crippen LogP contribution in [-0.2, 0) is 4.74 Å². The van der Waals surface area contributed by atoms with Crippen LogP contribution in [0.4, 0.5) is 0 Å². The van der Waals surface area contributed by atoms with Crippen LogP contribution in [0.2, 0.25) is 0 Å². The maximum Gasteiger partial charge on any atom is 0.194 e. The predicted octanol–water partition coefficient (Wildman–Crippen LogP) is 3.16. The van der Waals surface area contributed by atoms with Crippen LogP contribution >= 0.6 is 24.0 Å². The molecule has 7 heteroatoms. The molecule has 0 aromatic heterocycles. The molecule has 0 radical (unpaired) electrons. The Labute approximate surface area is 174 Å². The molecule has 1 N–H and O–H groups in total. The number of benzene rings is 1. The van der Waals surface area contributed by atoms with Gasteiger partial charge < -0.3 is 24.4 Å². The first-order valence-electron chi connectivity index (χ1n) is 9.18. The molecule has 0 unspecified atom stereocenters. The Morgan fingerprint density at radius 3 is 2.38 bits per heavy atom. The maximum absolute atomic E-state index is 5.74. The summed E-state index contributed by atoms with van der Waals surface area (Å²) in [7, 11) is 1.66. The van der Waals surface area contributed by atoms with Crippen molar-refractivity contribution in [2.24, 2.45) is 4.99 Å². The molecule has 0 aliphatic carbocycles. The second kappa shape index (κ2) is 13.0. The Morgan fingerprint density at radius 2 is 1.81 bits per heavy atom. The summed E-state index contributed by atoms with van der Waals surface area (Å²) in [5.41, 5.74) is 0. The molecule has 1 fully saturated rings. The van der Waals surface area contributed by atoms with Crippen molar-refractivity contribution in [3.63, 3.8) is 0 Å². The number of nitrogens with zero attached hydrogens (tertiary/aromatic N) is 2. The summed E-state index contributed by atoms with van der Waals surface area (Å²) >= 11 is 0. The van der Waals surface area contributed by atoms with Gasteiger partial charge in [-0.25, -0.2) is 4.99 Å². The molecule has 26 heavy (non-hydrogen) atoms. The molecule has 1 heterocycles. The molecule has 0 bridgehead atoms. The zero-order valence-corrected chi connectivity index (χ0v) is 18.4. The first kappa shape index (κ1) is 22.8. The van der Waals surface area contributed by atoms with Gasteiger partial charge in [0, 0.05) is 26.2 Å². The van der Waals surface area contributed by atoms with Gasteiger partial charge in [0.25, 0.3) is 0 Å². The van der Waals surface area contributed by atoms with Gasteiger partial charge in [-0.1, -0.05) is 0 Å². The number of likely N-dealkylation sites (tertiary alicyclic amines) is 1. The van der Waals surface area contributed by atoms with E-state index in [4.69, 9.17) is 19.2 Å². The minimum atomic E-state index is 0. The molecule has 148 valence electrons. The molecular weight excluding hydrogens is 445 g/mol. The highest BCUT2D eigenvalue weighted by Gasteiger charge is 2.21. The van der Waals surface area contributed by atoms with Gasteiger partial charge in [0.1, 0.15) is 18.1 Å². The van der Waals surface area contributed by atoms with Crippen molar-refractivity contribution in [2.75, 3.05) is 46.5 Å². The molecule has 0 saturated carbocycles. The lowest BCUT2D eigenvalue weighted by Crippen LogP contribution is -2.47. The number of methoxy groups -OCH3 is 1. The van der Waals surface area contributed by atoms with Crippen molar-refractivity contribution in [1.29, 1.82) is 0 Å². The number of ether oxygens (including phenoxy) is 3. The third-order valence-corrected chi connectivity index (χ3v) is 4.16. The van der Waals surface area contributed by atoms with E-state index in [2.05, 4.69) is 24.1 Å². The fourth-order valence-corrected chi connectivity index (χ4v) is 2.88. The van der Waals surface area contributed by atoms with E-state index in [0.717, 1.165) is 56.5 Å². The average Bonchev–Trinajstić information content (AvgIpc) is 2.66. The van der Waals surface area contributed by atoms with E-state index in [1.807, 2.05) is 24.3 Å². The van der Waals surface area contributed by atoms with Crippen molar-refractivity contribution >= 4 is 29.9 Å². The Balaban J connectivity index is 0.00000338. The fraction of sp³-hybridized carbons (Fsp3) is 0.632. The highest BCUT2D eigenvalue weighted by atomic mass is 127. The van der Waals surface area contributed by atoms with E-state index in [0.29, 0.717) is 19.3 Å². The van der Waals surface area contributed by atoms with E-state index >= 15 is 0 Å². The van der Waals surface area contributed by atoms with Gasteiger partial charge in [-0.2, -0.15) is 0 Å². The lowest BCUT2D eigenvalue weighted by molar-refractivity contribution is 0.0263. The van der Waals surface area contributed by atoms with Gasteiger partial charge in [0.15, 0.2) is 5.96 Å². The Bertz CT molecular complexity index is 517. The molecule has 1 saturated heterocycles. The fourth-order valence-electron chi connectivity index (χ4n) is 2.88. The van der Waals surface area contributed by atoms with Gasteiger partial charge >= 0.3 is 0 Å². The summed E-state index contributed by atoms with van der Waals surface area (Å²) in [5, 5.41) is 3.38. The Hall–Kier alpha value is -1.22. The van der Waals surface area contributed by atoms with E-state index < -0.39 is 0 Å². The van der Waals surface area contributed by atoms with Crippen LogP contribution in [0, 0.1) is 0 Å². The lowest BCUT2D eigenvalue weighted by atomic mass is 10.1. The van der Waals surface area contributed by atoms with Gasteiger partial charge in [-0.05, 0) is 51.0 Å². The van der Waals surface area contributed by atoms with Gasteiger partial charge in [-0.15, -0.1) is 24.0 Å². The van der Waals surface area contributed by atoms with Crippen LogP contribution < -0.4 is 14.8 Å². The molecule has 2 rings (SSSR count). The van der Waals surface area contributed by atoms with Gasteiger partial charge in [0.05, 0.1) is 19.8 Å². The second-order valence-corrected chi connectivity index (χ2v) is 5.90. The summed E-state index contributed by atoms with van der Waals surface area (Å²) in [6, 6.07) is 7.61. The third-order valence-electron chi connectivity index (χ3n) is 4.16. The second-order valence-electron chi connectivity index (χ2n) is 5.90. The summed E-state index contributed by atoms with van der Waals surface area (Å²) in [6.07, 6.45) is 2.50. The minimum absolute atomic E-state index is 0. The normalized spacial score (nSPS) is 15.3. The minimum Gasteiger partial charge on any atom is -0.497 e. The van der Waals surface area contributed by atoms with Crippen LogP contribution in [0.15, 0.2) is 29.3 Å². The number of piperidine rings is 1. The zero-order valence-electron chi connectivity index (χ0n) is 16.1. The summed E-state index contributed by atoms with van der Waals surface area (Å²) in [4.78, 5) is 7.01. The maximum atomic E-state index is 5.74. The summed E-state index contributed by atoms with van der Waals surface area (Å²) in [6.45, 7) is 8.95. The molecule has 0 atom stereocenters. The SMILES string of the molecule is CCNC(=NCCOc1ccc(OC)cc1)N1CCC(OCC)CC1.I. The first-order chi connectivity index (χ1) is 12.3. The first-order valence-corrected chi connectivity index (χ1v) is 9.18. The smallest absolute Gasteiger partial charge is 0.194 e. The molecular formula is C19H32IN3O3. The van der Waals surface area contributed by atoms with Crippen LogP contribution in [0.25, 0.3) is 0 Å². The van der Waals surface area contributed by atoms with Gasteiger partial charge in [-0.3, -0.25) is 0 Å². The number of guanidine groups is 1. The van der Waals surface area contributed by atoms with Crippen LogP contribution in [0.1, 0.15) is 26.7 Å². The zero-order chi connectivity index (χ0) is 17.9. The number of rotatable bonds is 8. The Kier molecular flexibility index (Phi) is 11.4. The highest BCUT2D eigenvalue weighted by molar-refractivity contribution is 14.0. The van der Waals surface area contributed by atoms with E-state index in [-0.39, 0.29) is 24.0 Å². The molecule has 1 aliphatic heterocycles. The molecule has 6 nitrogen and oxygen atoms in total. The van der Waals surface area contributed by atoms with E-state index in [1.54, 1.807) is 7.11 Å². The standard InChI is InChI=1S/C19H31N3O3.HI/c1-4-20-19(22-13-10-18(11-14-22)24-5-2)21-12-15-25-17-8-6-16(23-3)7-9-17;/h6-9,18H,4-5,10-15H2,1-3H3,(H,20,21);1H. The molecule has 1 aromatic rings. The van der Waals surface area contributed by atoms with Gasteiger partial charge in [0.2, 0.25) is 0 Å². The van der Waals surface area contributed by atoms with Crippen LogP contribution in [-0.4, -0.2) is 63.5 Å². The number of halogens is 1. The number of hydrogen-bond acceptors (Lipinski definition) is 4. The number of nitrogens with one attached hydrogen (secondary N) is 1. The molecule has 1 aliphatic rings. The Morgan fingerprint density at radius 1 is 1.15 bits per heavy atom. The number of hydrogen-bond donors (Lipinski definition) is 1. The number of aliphatic imine (C=N–C) groups is 1. The van der Waals surface area contributed by atoms with E-state index in [1.165, 1.54) is 0 Å².